The highest BCUT2D eigenvalue weighted by Crippen LogP contribution is 2.24. The third kappa shape index (κ3) is 6.45. The Morgan fingerprint density at radius 2 is 1.65 bits per heavy atom. The molecule has 0 atom stereocenters. The zero-order valence-electron chi connectivity index (χ0n) is 16.9. The Morgan fingerprint density at radius 3 is 2.42 bits per heavy atom. The SMILES string of the molecule is COc1cccc(NC(=O)CSc2ccccc2C(=O)OCC(=O)c2ccccc2)c1. The van der Waals surface area contributed by atoms with E-state index in [2.05, 4.69) is 5.32 Å². The minimum atomic E-state index is -0.611. The monoisotopic (exact) mass is 435 g/mol. The van der Waals surface area contributed by atoms with Crippen LogP contribution in [0.3, 0.4) is 0 Å². The van der Waals surface area contributed by atoms with Gasteiger partial charge in [0.1, 0.15) is 5.75 Å². The van der Waals surface area contributed by atoms with E-state index < -0.39 is 5.97 Å². The highest BCUT2D eigenvalue weighted by atomic mass is 32.2. The van der Waals surface area contributed by atoms with Crippen LogP contribution in [0.2, 0.25) is 0 Å². The van der Waals surface area contributed by atoms with Crippen molar-refractivity contribution in [2.45, 2.75) is 4.90 Å². The number of esters is 1. The van der Waals surface area contributed by atoms with Crippen molar-refractivity contribution >= 4 is 35.1 Å². The Morgan fingerprint density at radius 1 is 0.903 bits per heavy atom. The Labute approximate surface area is 184 Å². The zero-order chi connectivity index (χ0) is 22.1. The van der Waals surface area contributed by atoms with E-state index in [0.29, 0.717) is 27.5 Å². The number of methoxy groups -OCH3 is 1. The maximum atomic E-state index is 12.5. The number of ether oxygens (including phenoxy) is 2. The quantitative estimate of drug-likeness (QED) is 0.303. The van der Waals surface area contributed by atoms with Crippen LogP contribution in [0.4, 0.5) is 5.69 Å². The van der Waals surface area contributed by atoms with Gasteiger partial charge in [0.25, 0.3) is 0 Å². The van der Waals surface area contributed by atoms with Crippen LogP contribution >= 0.6 is 11.8 Å². The number of rotatable bonds is 9. The molecule has 0 aliphatic heterocycles. The molecule has 0 heterocycles. The number of ketones is 1. The third-order valence-electron chi connectivity index (χ3n) is 4.25. The maximum absolute atomic E-state index is 12.5. The summed E-state index contributed by atoms with van der Waals surface area (Å²) in [6.07, 6.45) is 0. The van der Waals surface area contributed by atoms with E-state index in [1.54, 1.807) is 86.0 Å². The number of nitrogens with one attached hydrogen (secondary N) is 1. The lowest BCUT2D eigenvalue weighted by atomic mass is 10.1. The van der Waals surface area contributed by atoms with Crippen molar-refractivity contribution < 1.29 is 23.9 Å². The van der Waals surface area contributed by atoms with Gasteiger partial charge in [-0.1, -0.05) is 48.5 Å². The van der Waals surface area contributed by atoms with Crippen LogP contribution in [0.25, 0.3) is 0 Å². The number of thioether (sulfide) groups is 1. The molecular formula is C24H21NO5S. The van der Waals surface area contributed by atoms with Gasteiger partial charge >= 0.3 is 5.97 Å². The lowest BCUT2D eigenvalue weighted by molar-refractivity contribution is -0.113. The predicted octanol–water partition coefficient (Wildman–Crippen LogP) is 4.47. The van der Waals surface area contributed by atoms with Crippen molar-refractivity contribution in [1.29, 1.82) is 0 Å². The minimum Gasteiger partial charge on any atom is -0.497 e. The van der Waals surface area contributed by atoms with Crippen molar-refractivity contribution in [1.82, 2.24) is 0 Å². The number of carbonyl (C=O) groups is 3. The molecule has 0 radical (unpaired) electrons. The van der Waals surface area contributed by atoms with Crippen LogP contribution in [-0.2, 0) is 9.53 Å². The first-order valence-electron chi connectivity index (χ1n) is 9.48. The van der Waals surface area contributed by atoms with Gasteiger partial charge in [0.2, 0.25) is 5.91 Å². The summed E-state index contributed by atoms with van der Waals surface area (Å²) in [4.78, 5) is 37.6. The van der Waals surface area contributed by atoms with Crippen LogP contribution in [0, 0.1) is 0 Å². The van der Waals surface area contributed by atoms with Gasteiger partial charge in [-0.2, -0.15) is 0 Å². The van der Waals surface area contributed by atoms with Crippen LogP contribution in [0.5, 0.6) is 5.75 Å². The van der Waals surface area contributed by atoms with Gasteiger partial charge in [0.05, 0.1) is 18.4 Å². The van der Waals surface area contributed by atoms with E-state index in [9.17, 15) is 14.4 Å². The Kier molecular flexibility index (Phi) is 7.84. The van der Waals surface area contributed by atoms with Crippen LogP contribution < -0.4 is 10.1 Å². The van der Waals surface area contributed by atoms with Crippen LogP contribution in [0.15, 0.2) is 83.8 Å². The van der Waals surface area contributed by atoms with E-state index in [1.165, 1.54) is 11.8 Å². The molecule has 31 heavy (non-hydrogen) atoms. The van der Waals surface area contributed by atoms with Gasteiger partial charge in [0.15, 0.2) is 12.4 Å². The fourth-order valence-electron chi connectivity index (χ4n) is 2.72. The summed E-state index contributed by atoms with van der Waals surface area (Å²) in [7, 11) is 1.56. The highest BCUT2D eigenvalue weighted by Gasteiger charge is 2.16. The predicted molar refractivity (Wildman–Crippen MR) is 120 cm³/mol. The van der Waals surface area contributed by atoms with Crippen molar-refractivity contribution in [3.8, 4) is 5.75 Å². The average molecular weight is 436 g/mol. The lowest BCUT2D eigenvalue weighted by Gasteiger charge is -2.10. The number of carbonyl (C=O) groups excluding carboxylic acids is 3. The fourth-order valence-corrected chi connectivity index (χ4v) is 3.56. The molecule has 1 amide bonds. The van der Waals surface area contributed by atoms with E-state index >= 15 is 0 Å². The number of hydrogen-bond donors (Lipinski definition) is 1. The first kappa shape index (κ1) is 22.1. The second-order valence-corrected chi connectivity index (χ2v) is 7.45. The molecule has 0 aliphatic rings. The van der Waals surface area contributed by atoms with Gasteiger partial charge in [-0.15, -0.1) is 11.8 Å². The Bertz CT molecular complexity index is 1070. The fraction of sp³-hybridized carbons (Fsp3) is 0.125. The first-order chi connectivity index (χ1) is 15.1. The number of amides is 1. The van der Waals surface area contributed by atoms with Gasteiger partial charge in [-0.3, -0.25) is 9.59 Å². The molecule has 7 heteroatoms. The molecule has 0 saturated heterocycles. The van der Waals surface area contributed by atoms with Crippen LogP contribution in [-0.4, -0.2) is 37.1 Å². The number of hydrogen-bond acceptors (Lipinski definition) is 6. The average Bonchev–Trinajstić information content (AvgIpc) is 2.81. The molecule has 3 aromatic carbocycles. The minimum absolute atomic E-state index is 0.102. The van der Waals surface area contributed by atoms with E-state index in [-0.39, 0.29) is 24.1 Å². The number of Topliss-reactive ketones (excluding diaryl/α,β-unsaturated/α-hetero) is 1. The molecule has 3 rings (SSSR count). The number of benzene rings is 3. The van der Waals surface area contributed by atoms with Gasteiger partial charge in [0, 0.05) is 22.2 Å². The Hall–Kier alpha value is -3.58. The molecule has 0 bridgehead atoms. The standard InChI is InChI=1S/C24H21NO5S/c1-29-19-11-7-10-18(14-19)25-23(27)16-31-22-13-6-5-12-20(22)24(28)30-15-21(26)17-8-3-2-4-9-17/h2-14H,15-16H2,1H3,(H,25,27). The third-order valence-corrected chi connectivity index (χ3v) is 5.32. The van der Waals surface area contributed by atoms with Crippen molar-refractivity contribution in [2.24, 2.45) is 0 Å². The molecule has 0 saturated carbocycles. The zero-order valence-corrected chi connectivity index (χ0v) is 17.7. The summed E-state index contributed by atoms with van der Waals surface area (Å²) < 4.78 is 10.3. The topological polar surface area (TPSA) is 81.7 Å². The van der Waals surface area contributed by atoms with Gasteiger partial charge in [-0.05, 0) is 24.3 Å². The highest BCUT2D eigenvalue weighted by molar-refractivity contribution is 8.00. The normalized spacial score (nSPS) is 10.2. The van der Waals surface area contributed by atoms with Crippen molar-refractivity contribution in [2.75, 3.05) is 24.8 Å². The number of anilines is 1. The molecule has 0 aliphatic carbocycles. The first-order valence-corrected chi connectivity index (χ1v) is 10.5. The molecule has 6 nitrogen and oxygen atoms in total. The molecular weight excluding hydrogens is 414 g/mol. The Balaban J connectivity index is 1.57. The second kappa shape index (κ2) is 11.0. The molecule has 158 valence electrons. The summed E-state index contributed by atoms with van der Waals surface area (Å²) in [5.41, 5.74) is 1.41. The second-order valence-electron chi connectivity index (χ2n) is 6.43. The smallest absolute Gasteiger partial charge is 0.339 e. The summed E-state index contributed by atoms with van der Waals surface area (Å²) in [5, 5.41) is 2.79. The summed E-state index contributed by atoms with van der Waals surface area (Å²) in [5.74, 6) is -0.369. The molecule has 3 aromatic rings. The van der Waals surface area contributed by atoms with Crippen molar-refractivity contribution in [3.05, 3.63) is 90.0 Å². The summed E-state index contributed by atoms with van der Waals surface area (Å²) in [6, 6.07) is 22.5. The molecule has 0 aromatic heterocycles. The molecule has 0 spiro atoms. The lowest BCUT2D eigenvalue weighted by Crippen LogP contribution is -2.16. The van der Waals surface area contributed by atoms with Crippen LogP contribution in [0.1, 0.15) is 20.7 Å². The van der Waals surface area contributed by atoms with Gasteiger partial charge in [-0.25, -0.2) is 4.79 Å². The maximum Gasteiger partial charge on any atom is 0.339 e. The van der Waals surface area contributed by atoms with Crippen molar-refractivity contribution in [3.63, 3.8) is 0 Å². The van der Waals surface area contributed by atoms with E-state index in [1.807, 2.05) is 0 Å². The van der Waals surface area contributed by atoms with E-state index in [4.69, 9.17) is 9.47 Å². The summed E-state index contributed by atoms with van der Waals surface area (Å²) >= 11 is 1.21. The van der Waals surface area contributed by atoms with Gasteiger partial charge < -0.3 is 14.8 Å². The molecule has 0 fully saturated rings. The molecule has 0 unspecified atom stereocenters. The van der Waals surface area contributed by atoms with E-state index in [0.717, 1.165) is 0 Å². The largest absolute Gasteiger partial charge is 0.497 e. The summed E-state index contributed by atoms with van der Waals surface area (Å²) in [6.45, 7) is -0.349. The molecule has 1 N–H and O–H groups in total.